The Balaban J connectivity index is 1.85. The van der Waals surface area contributed by atoms with Crippen molar-refractivity contribution in [3.05, 3.63) is 98.6 Å². The third-order valence-corrected chi connectivity index (χ3v) is 5.53. The molecule has 2 aromatic carbocycles. The number of ether oxygens (including phenoxy) is 1. The molecule has 9 heteroatoms. The maximum absolute atomic E-state index is 13.9. The minimum Gasteiger partial charge on any atom is -0.445 e. The van der Waals surface area contributed by atoms with Crippen LogP contribution in [0.25, 0.3) is 0 Å². The number of allylic oxidation sites excluding steroid dienone is 3. The maximum atomic E-state index is 13.9. The van der Waals surface area contributed by atoms with Gasteiger partial charge in [0.05, 0.1) is 10.8 Å². The molecule has 1 aliphatic carbocycles. The molecule has 0 bridgehead atoms. The number of ketones is 1. The molecular weight excluding hydrogens is 413 g/mol. The minimum atomic E-state index is -4.89. The Kier molecular flexibility index (Phi) is 5.04. The van der Waals surface area contributed by atoms with E-state index in [-0.39, 0.29) is 41.3 Å². The number of hydrogen-bond donors (Lipinski definition) is 1. The Morgan fingerprint density at radius 3 is 2.35 bits per heavy atom. The molecule has 0 saturated heterocycles. The number of benzene rings is 2. The topological polar surface area (TPSA) is 95.5 Å². The van der Waals surface area contributed by atoms with Gasteiger partial charge in [-0.1, -0.05) is 42.5 Å². The summed E-state index contributed by atoms with van der Waals surface area (Å²) < 4.78 is 47.1. The molecule has 0 fully saturated rings. The molecule has 0 unspecified atom stereocenters. The van der Waals surface area contributed by atoms with E-state index < -0.39 is 34.3 Å². The molecule has 160 valence electrons. The van der Waals surface area contributed by atoms with E-state index in [1.54, 1.807) is 0 Å². The van der Waals surface area contributed by atoms with Crippen LogP contribution in [-0.4, -0.2) is 16.9 Å². The van der Waals surface area contributed by atoms with E-state index in [1.807, 2.05) is 30.3 Å². The number of nitro benzene ring substituents is 1. The minimum absolute atomic E-state index is 0.00265. The first-order valence-corrected chi connectivity index (χ1v) is 9.47. The number of nitrogens with two attached hydrogens (primary N) is 1. The van der Waals surface area contributed by atoms with Crippen LogP contribution in [0.4, 0.5) is 18.9 Å². The van der Waals surface area contributed by atoms with Crippen molar-refractivity contribution in [2.24, 2.45) is 5.73 Å². The van der Waals surface area contributed by atoms with Crippen molar-refractivity contribution in [2.75, 3.05) is 0 Å². The van der Waals surface area contributed by atoms with Crippen LogP contribution in [0.2, 0.25) is 0 Å². The van der Waals surface area contributed by atoms with Gasteiger partial charge in [0.2, 0.25) is 0 Å². The second kappa shape index (κ2) is 7.57. The number of alkyl halides is 3. The van der Waals surface area contributed by atoms with E-state index in [2.05, 4.69) is 0 Å². The van der Waals surface area contributed by atoms with Gasteiger partial charge in [-0.05, 0) is 17.0 Å². The molecule has 4 rings (SSSR count). The van der Waals surface area contributed by atoms with Crippen LogP contribution in [0.15, 0.2) is 77.4 Å². The van der Waals surface area contributed by atoms with Gasteiger partial charge in [0.15, 0.2) is 11.7 Å². The van der Waals surface area contributed by atoms with Gasteiger partial charge < -0.3 is 10.5 Å². The van der Waals surface area contributed by atoms with E-state index >= 15 is 0 Å². The Bertz CT molecular complexity index is 1120. The summed E-state index contributed by atoms with van der Waals surface area (Å²) in [4.78, 5) is 23.6. The van der Waals surface area contributed by atoms with Crippen LogP contribution in [0.3, 0.4) is 0 Å². The zero-order chi connectivity index (χ0) is 22.3. The van der Waals surface area contributed by atoms with Gasteiger partial charge >= 0.3 is 6.18 Å². The highest BCUT2D eigenvalue weighted by Crippen LogP contribution is 2.51. The van der Waals surface area contributed by atoms with E-state index in [0.29, 0.717) is 0 Å². The highest BCUT2D eigenvalue weighted by Gasteiger charge is 2.50. The first-order chi connectivity index (χ1) is 14.7. The van der Waals surface area contributed by atoms with Crippen LogP contribution >= 0.6 is 0 Å². The average Bonchev–Trinajstić information content (AvgIpc) is 2.72. The molecule has 2 atom stereocenters. The predicted octanol–water partition coefficient (Wildman–Crippen LogP) is 4.84. The number of Topliss-reactive ketones (excluding diaryl/α,β-unsaturated/α-hetero) is 1. The molecule has 0 radical (unpaired) electrons. The Labute approximate surface area is 175 Å². The lowest BCUT2D eigenvalue weighted by Crippen LogP contribution is -2.34. The second-order valence-corrected chi connectivity index (χ2v) is 7.44. The fraction of sp³-hybridized carbons (Fsp3) is 0.227. The first-order valence-electron chi connectivity index (χ1n) is 9.47. The highest BCUT2D eigenvalue weighted by atomic mass is 19.4. The summed E-state index contributed by atoms with van der Waals surface area (Å²) in [7, 11) is 0. The van der Waals surface area contributed by atoms with E-state index in [4.69, 9.17) is 10.5 Å². The SMILES string of the molecule is NC1=C(C(F)(F)F)[C@@H](c2cccc([N+](=O)[O-])c2)C2=C(C[C@H](c3ccccc3)CC2=O)O1. The summed E-state index contributed by atoms with van der Waals surface area (Å²) in [6.07, 6.45) is -4.69. The quantitative estimate of drug-likeness (QED) is 0.555. The third kappa shape index (κ3) is 3.78. The number of nitro groups is 1. The van der Waals surface area contributed by atoms with Crippen LogP contribution in [0, 0.1) is 10.1 Å². The summed E-state index contributed by atoms with van der Waals surface area (Å²) in [5.74, 6) is -3.12. The lowest BCUT2D eigenvalue weighted by atomic mass is 9.73. The monoisotopic (exact) mass is 430 g/mol. The van der Waals surface area contributed by atoms with Crippen LogP contribution < -0.4 is 5.73 Å². The molecule has 1 aliphatic heterocycles. The van der Waals surface area contributed by atoms with Gasteiger partial charge in [0, 0.05) is 30.5 Å². The molecule has 1 heterocycles. The fourth-order valence-corrected chi connectivity index (χ4v) is 4.20. The van der Waals surface area contributed by atoms with Crippen molar-refractivity contribution >= 4 is 11.5 Å². The Morgan fingerprint density at radius 2 is 1.71 bits per heavy atom. The molecule has 0 amide bonds. The molecule has 31 heavy (non-hydrogen) atoms. The molecule has 0 aromatic heterocycles. The van der Waals surface area contributed by atoms with Gasteiger partial charge in [0.1, 0.15) is 11.3 Å². The average molecular weight is 430 g/mol. The van der Waals surface area contributed by atoms with Crippen molar-refractivity contribution in [1.82, 2.24) is 0 Å². The third-order valence-electron chi connectivity index (χ3n) is 5.53. The Morgan fingerprint density at radius 1 is 1.03 bits per heavy atom. The molecule has 0 saturated carbocycles. The largest absolute Gasteiger partial charge is 0.445 e. The fourth-order valence-electron chi connectivity index (χ4n) is 4.20. The number of rotatable bonds is 3. The number of carbonyl (C=O) groups is 1. The van der Waals surface area contributed by atoms with Crippen molar-refractivity contribution in [1.29, 1.82) is 0 Å². The van der Waals surface area contributed by atoms with Gasteiger partial charge in [-0.15, -0.1) is 0 Å². The molecule has 2 aromatic rings. The highest BCUT2D eigenvalue weighted by molar-refractivity contribution is 6.00. The summed E-state index contributed by atoms with van der Waals surface area (Å²) in [6, 6.07) is 13.9. The maximum Gasteiger partial charge on any atom is 0.418 e. The molecule has 0 spiro atoms. The molecular formula is C22H17F3N2O4. The van der Waals surface area contributed by atoms with Gasteiger partial charge in [0.25, 0.3) is 5.69 Å². The zero-order valence-corrected chi connectivity index (χ0v) is 16.1. The van der Waals surface area contributed by atoms with E-state index in [9.17, 15) is 28.1 Å². The predicted molar refractivity (Wildman–Crippen MR) is 105 cm³/mol. The number of nitrogens with zero attached hydrogens (tertiary/aromatic N) is 1. The van der Waals surface area contributed by atoms with E-state index in [1.165, 1.54) is 18.2 Å². The van der Waals surface area contributed by atoms with Gasteiger partial charge in [-0.25, -0.2) is 0 Å². The van der Waals surface area contributed by atoms with Crippen LogP contribution in [-0.2, 0) is 9.53 Å². The zero-order valence-electron chi connectivity index (χ0n) is 16.1. The smallest absolute Gasteiger partial charge is 0.418 e. The lowest BCUT2D eigenvalue weighted by Gasteiger charge is -2.36. The lowest BCUT2D eigenvalue weighted by molar-refractivity contribution is -0.384. The summed E-state index contributed by atoms with van der Waals surface area (Å²) in [6.45, 7) is 0. The van der Waals surface area contributed by atoms with Crippen molar-refractivity contribution in [3.8, 4) is 0 Å². The van der Waals surface area contributed by atoms with Crippen molar-refractivity contribution in [3.63, 3.8) is 0 Å². The standard InChI is InChI=1S/C22H17F3N2O4/c23-22(24,25)20-18(13-7-4-8-15(9-13)27(29)30)19-16(28)10-14(11-17(19)31-21(20)26)12-5-2-1-3-6-12/h1-9,14,18H,10-11,26H2/t14-,18+/m1/s1. The molecule has 2 N–H and O–H groups in total. The number of halogens is 3. The van der Waals surface area contributed by atoms with Crippen molar-refractivity contribution in [2.45, 2.75) is 30.9 Å². The van der Waals surface area contributed by atoms with Crippen LogP contribution in [0.1, 0.15) is 35.8 Å². The summed E-state index contributed by atoms with van der Waals surface area (Å²) in [5.41, 5.74) is 4.77. The first kappa shape index (κ1) is 20.6. The number of hydrogen-bond acceptors (Lipinski definition) is 5. The Hall–Kier alpha value is -3.62. The summed E-state index contributed by atoms with van der Waals surface area (Å²) in [5, 5.41) is 11.2. The number of non-ortho nitro benzene ring substituents is 1. The molecule has 2 aliphatic rings. The second-order valence-electron chi connectivity index (χ2n) is 7.44. The van der Waals surface area contributed by atoms with Gasteiger partial charge in [-0.2, -0.15) is 13.2 Å². The normalized spacial score (nSPS) is 21.6. The van der Waals surface area contributed by atoms with Crippen molar-refractivity contribution < 1.29 is 27.6 Å². The number of carbonyl (C=O) groups excluding carboxylic acids is 1. The van der Waals surface area contributed by atoms with Gasteiger partial charge in [-0.3, -0.25) is 14.9 Å². The summed E-state index contributed by atoms with van der Waals surface area (Å²) >= 11 is 0. The van der Waals surface area contributed by atoms with Crippen LogP contribution in [0.5, 0.6) is 0 Å². The van der Waals surface area contributed by atoms with E-state index in [0.717, 1.165) is 11.6 Å². The molecule has 6 nitrogen and oxygen atoms in total.